The minimum Gasteiger partial charge on any atom is -0.427 e. The molecule has 0 saturated carbocycles. The number of ether oxygens (including phenoxy) is 2. The Morgan fingerprint density at radius 2 is 1.85 bits per heavy atom. The van der Waals surface area contributed by atoms with E-state index in [1.54, 1.807) is 10.9 Å². The Kier molecular flexibility index (Phi) is 5.51. The largest absolute Gasteiger partial charge is 0.514 e. The lowest BCUT2D eigenvalue weighted by Crippen LogP contribution is -2.13. The molecule has 0 aliphatic rings. The smallest absolute Gasteiger partial charge is 0.427 e. The van der Waals surface area contributed by atoms with Crippen LogP contribution < -0.4 is 4.74 Å². The van der Waals surface area contributed by atoms with Gasteiger partial charge in [0.2, 0.25) is 0 Å². The Hall–Kier alpha value is -3.20. The summed E-state index contributed by atoms with van der Waals surface area (Å²) >= 11 is 3.38. The standard InChI is InChI=1S/C18H14BrN3O5/c1-12-10-20-21(14-4-2-13(19)3-5-14)17(12)11-26-18(23)27-16-8-6-15(7-9-16)22(24)25/h2-10H,11H2,1H3. The Morgan fingerprint density at radius 1 is 1.19 bits per heavy atom. The summed E-state index contributed by atoms with van der Waals surface area (Å²) in [6.07, 6.45) is 0.773. The van der Waals surface area contributed by atoms with Gasteiger partial charge in [0, 0.05) is 16.6 Å². The molecule has 8 nitrogen and oxygen atoms in total. The first-order chi connectivity index (χ1) is 12.9. The van der Waals surface area contributed by atoms with Crippen molar-refractivity contribution in [3.63, 3.8) is 0 Å². The van der Waals surface area contributed by atoms with Gasteiger partial charge in [-0.15, -0.1) is 0 Å². The van der Waals surface area contributed by atoms with Crippen LogP contribution in [-0.4, -0.2) is 20.9 Å². The number of halogens is 1. The monoisotopic (exact) mass is 431 g/mol. The summed E-state index contributed by atoms with van der Waals surface area (Å²) in [6.45, 7) is 1.83. The van der Waals surface area contributed by atoms with Gasteiger partial charge in [0.15, 0.2) is 0 Å². The minimum absolute atomic E-state index is 0.0340. The Labute approximate surface area is 162 Å². The number of non-ortho nitro benzene ring substituents is 1. The van der Waals surface area contributed by atoms with Crippen LogP contribution in [0.1, 0.15) is 11.3 Å². The number of hydrogen-bond donors (Lipinski definition) is 0. The number of rotatable bonds is 5. The number of carbonyl (C=O) groups is 1. The quantitative estimate of drug-likeness (QED) is 0.254. The Morgan fingerprint density at radius 3 is 2.48 bits per heavy atom. The topological polar surface area (TPSA) is 96.5 Å². The van der Waals surface area contributed by atoms with Crippen LogP contribution in [0.5, 0.6) is 5.75 Å². The molecule has 3 rings (SSSR count). The van der Waals surface area contributed by atoms with Gasteiger partial charge in [0.25, 0.3) is 5.69 Å². The molecule has 0 saturated heterocycles. The fraction of sp³-hybridized carbons (Fsp3) is 0.111. The fourth-order valence-electron chi connectivity index (χ4n) is 2.32. The van der Waals surface area contributed by atoms with Crippen LogP contribution in [0.4, 0.5) is 10.5 Å². The van der Waals surface area contributed by atoms with Gasteiger partial charge >= 0.3 is 6.16 Å². The second kappa shape index (κ2) is 8.00. The highest BCUT2D eigenvalue weighted by molar-refractivity contribution is 9.10. The highest BCUT2D eigenvalue weighted by Crippen LogP contribution is 2.20. The fourth-order valence-corrected chi connectivity index (χ4v) is 2.59. The third kappa shape index (κ3) is 4.50. The summed E-state index contributed by atoms with van der Waals surface area (Å²) in [5.41, 5.74) is 2.30. The Balaban J connectivity index is 1.66. The number of nitro benzene ring substituents is 1. The molecule has 1 aromatic heterocycles. The minimum atomic E-state index is -0.910. The molecular weight excluding hydrogens is 418 g/mol. The van der Waals surface area contributed by atoms with Crippen molar-refractivity contribution in [3.8, 4) is 11.4 Å². The van der Waals surface area contributed by atoms with Crippen molar-refractivity contribution in [2.45, 2.75) is 13.5 Å². The van der Waals surface area contributed by atoms with Crippen molar-refractivity contribution < 1.29 is 19.2 Å². The van der Waals surface area contributed by atoms with E-state index < -0.39 is 11.1 Å². The van der Waals surface area contributed by atoms with Crippen LogP contribution in [0.15, 0.2) is 59.2 Å². The number of aromatic nitrogens is 2. The van der Waals surface area contributed by atoms with Crippen LogP contribution in [0.2, 0.25) is 0 Å². The SMILES string of the molecule is Cc1cnn(-c2ccc(Br)cc2)c1COC(=O)Oc1ccc([N+](=O)[O-])cc1. The normalized spacial score (nSPS) is 10.4. The first-order valence-corrected chi connectivity index (χ1v) is 8.62. The molecule has 27 heavy (non-hydrogen) atoms. The summed E-state index contributed by atoms with van der Waals surface area (Å²) in [5.74, 6) is 0.156. The van der Waals surface area contributed by atoms with E-state index in [-0.39, 0.29) is 18.0 Å². The third-order valence-electron chi connectivity index (χ3n) is 3.72. The average molecular weight is 432 g/mol. The number of nitrogens with zero attached hydrogens (tertiary/aromatic N) is 3. The van der Waals surface area contributed by atoms with Gasteiger partial charge in [-0.05, 0) is 48.9 Å². The first kappa shape index (κ1) is 18.6. The lowest BCUT2D eigenvalue weighted by atomic mass is 10.2. The lowest BCUT2D eigenvalue weighted by molar-refractivity contribution is -0.384. The zero-order valence-electron chi connectivity index (χ0n) is 14.2. The number of aryl methyl sites for hydroxylation is 1. The summed E-state index contributed by atoms with van der Waals surface area (Å²) in [4.78, 5) is 22.0. The van der Waals surface area contributed by atoms with Gasteiger partial charge in [-0.1, -0.05) is 15.9 Å². The number of nitro groups is 1. The van der Waals surface area contributed by atoms with Crippen molar-refractivity contribution in [1.29, 1.82) is 0 Å². The summed E-state index contributed by atoms with van der Waals surface area (Å²) in [5, 5.41) is 14.9. The second-order valence-corrected chi connectivity index (χ2v) is 6.47. The maximum Gasteiger partial charge on any atom is 0.514 e. The number of carbonyl (C=O) groups excluding carboxylic acids is 1. The van der Waals surface area contributed by atoms with Gasteiger partial charge in [-0.2, -0.15) is 5.10 Å². The van der Waals surface area contributed by atoms with Crippen LogP contribution in [-0.2, 0) is 11.3 Å². The maximum absolute atomic E-state index is 11.9. The van der Waals surface area contributed by atoms with Gasteiger partial charge < -0.3 is 9.47 Å². The molecule has 3 aromatic rings. The molecule has 0 unspecified atom stereocenters. The highest BCUT2D eigenvalue weighted by atomic mass is 79.9. The van der Waals surface area contributed by atoms with E-state index in [9.17, 15) is 14.9 Å². The molecule has 0 radical (unpaired) electrons. The zero-order valence-corrected chi connectivity index (χ0v) is 15.8. The second-order valence-electron chi connectivity index (χ2n) is 5.55. The maximum atomic E-state index is 11.9. The van der Waals surface area contributed by atoms with Crippen molar-refractivity contribution in [1.82, 2.24) is 9.78 Å². The molecule has 0 N–H and O–H groups in total. The summed E-state index contributed by atoms with van der Waals surface area (Å²) < 4.78 is 12.8. The molecule has 0 aliphatic heterocycles. The van der Waals surface area contributed by atoms with Crippen molar-refractivity contribution >= 4 is 27.8 Å². The van der Waals surface area contributed by atoms with Crippen molar-refractivity contribution in [2.24, 2.45) is 0 Å². The van der Waals surface area contributed by atoms with Gasteiger partial charge in [0.1, 0.15) is 12.4 Å². The van der Waals surface area contributed by atoms with Crippen molar-refractivity contribution in [2.75, 3.05) is 0 Å². The van der Waals surface area contributed by atoms with Gasteiger partial charge in [0.05, 0.1) is 22.5 Å². The molecule has 138 valence electrons. The molecule has 9 heteroatoms. The first-order valence-electron chi connectivity index (χ1n) is 7.82. The summed E-state index contributed by atoms with van der Waals surface area (Å²) in [6, 6.07) is 12.7. The number of benzene rings is 2. The van der Waals surface area contributed by atoms with E-state index in [0.717, 1.165) is 15.7 Å². The van der Waals surface area contributed by atoms with Crippen LogP contribution in [0.25, 0.3) is 5.69 Å². The molecule has 0 bridgehead atoms. The molecule has 0 amide bonds. The van der Waals surface area contributed by atoms with Crippen LogP contribution >= 0.6 is 15.9 Å². The molecular formula is C18H14BrN3O5. The Bertz CT molecular complexity index is 968. The van der Waals surface area contributed by atoms with Gasteiger partial charge in [-0.3, -0.25) is 10.1 Å². The predicted octanol–water partition coefficient (Wildman–Crippen LogP) is 4.57. The van der Waals surface area contributed by atoms with Crippen molar-refractivity contribution in [3.05, 3.63) is 80.6 Å². The zero-order chi connectivity index (χ0) is 19.4. The third-order valence-corrected chi connectivity index (χ3v) is 4.25. The van der Waals surface area contributed by atoms with E-state index in [1.807, 2.05) is 31.2 Å². The summed E-state index contributed by atoms with van der Waals surface area (Å²) in [7, 11) is 0. The van der Waals surface area contributed by atoms with E-state index in [4.69, 9.17) is 9.47 Å². The molecule has 0 spiro atoms. The highest BCUT2D eigenvalue weighted by Gasteiger charge is 2.14. The van der Waals surface area contributed by atoms with Gasteiger partial charge in [-0.25, -0.2) is 9.48 Å². The van der Waals surface area contributed by atoms with Crippen LogP contribution in [0.3, 0.4) is 0 Å². The van der Waals surface area contributed by atoms with E-state index in [2.05, 4.69) is 21.0 Å². The van der Waals surface area contributed by atoms with E-state index in [0.29, 0.717) is 5.69 Å². The predicted molar refractivity (Wildman–Crippen MR) is 99.9 cm³/mol. The molecule has 1 heterocycles. The molecule has 2 aromatic carbocycles. The van der Waals surface area contributed by atoms with E-state index in [1.165, 1.54) is 24.3 Å². The lowest BCUT2D eigenvalue weighted by Gasteiger charge is -2.10. The molecule has 0 fully saturated rings. The molecule has 0 atom stereocenters. The number of hydrogen-bond acceptors (Lipinski definition) is 6. The molecule has 0 aliphatic carbocycles. The average Bonchev–Trinajstić information content (AvgIpc) is 3.01. The van der Waals surface area contributed by atoms with E-state index >= 15 is 0 Å². The van der Waals surface area contributed by atoms with Crippen LogP contribution in [0, 0.1) is 17.0 Å².